The number of hydrogen-bond donors (Lipinski definition) is 3. The van der Waals surface area contributed by atoms with E-state index in [0.29, 0.717) is 0 Å². The highest BCUT2D eigenvalue weighted by Gasteiger charge is 1.96. The Morgan fingerprint density at radius 2 is 1.69 bits per heavy atom. The Labute approximate surface area is 95.1 Å². The van der Waals surface area contributed by atoms with Crippen molar-refractivity contribution in [2.75, 3.05) is 0 Å². The molecule has 0 rings (SSSR count). The van der Waals surface area contributed by atoms with Gasteiger partial charge in [0.1, 0.15) is 0 Å². The Morgan fingerprint density at radius 3 is 2.06 bits per heavy atom. The average molecular weight is 230 g/mol. The van der Waals surface area contributed by atoms with E-state index in [-0.39, 0.29) is 5.92 Å². The number of aliphatic carboxylic acids is 1. The molecule has 0 aliphatic rings. The van der Waals surface area contributed by atoms with Gasteiger partial charge in [-0.25, -0.2) is 9.59 Å². The van der Waals surface area contributed by atoms with Crippen LogP contribution >= 0.6 is 0 Å². The van der Waals surface area contributed by atoms with Gasteiger partial charge in [-0.1, -0.05) is 39.0 Å². The minimum atomic E-state index is -1.83. The predicted octanol–water partition coefficient (Wildman–Crippen LogP) is 2.51. The second-order valence-electron chi connectivity index (χ2n) is 3.25. The zero-order valence-electron chi connectivity index (χ0n) is 9.56. The minimum Gasteiger partial charge on any atom is -0.472 e. The van der Waals surface area contributed by atoms with Gasteiger partial charge in [-0.15, -0.1) is 0 Å². The molecule has 0 radical (unpaired) electrons. The fraction of sp³-hybridized carbons (Fsp3) is 0.636. The van der Waals surface area contributed by atoms with Crippen molar-refractivity contribution in [3.05, 3.63) is 0 Å². The molecule has 0 bridgehead atoms. The molecule has 5 heteroatoms. The van der Waals surface area contributed by atoms with E-state index < -0.39 is 12.1 Å². The Bertz CT molecular complexity index is 257. The Morgan fingerprint density at radius 1 is 1.19 bits per heavy atom. The smallest absolute Gasteiger partial charge is 0.472 e. The van der Waals surface area contributed by atoms with Gasteiger partial charge in [-0.3, -0.25) is 0 Å². The fourth-order valence-electron chi connectivity index (χ4n) is 0.958. The lowest BCUT2D eigenvalue weighted by molar-refractivity contribution is -0.130. The first-order chi connectivity index (χ1) is 7.40. The zero-order chi connectivity index (χ0) is 13.0. The van der Waals surface area contributed by atoms with Gasteiger partial charge in [0.2, 0.25) is 0 Å². The third-order valence-electron chi connectivity index (χ3n) is 1.67. The van der Waals surface area contributed by atoms with E-state index in [1.165, 1.54) is 12.8 Å². The molecule has 5 nitrogen and oxygen atoms in total. The highest BCUT2D eigenvalue weighted by molar-refractivity contribution is 5.86. The summed E-state index contributed by atoms with van der Waals surface area (Å²) in [5.74, 6) is 4.02. The fourth-order valence-corrected chi connectivity index (χ4v) is 0.958. The SMILES string of the molecule is CCCCCC(C)C#CC(=O)O.O=C(O)O. The van der Waals surface area contributed by atoms with E-state index in [4.69, 9.17) is 20.1 Å². The maximum Gasteiger partial charge on any atom is 0.503 e. The van der Waals surface area contributed by atoms with Crippen molar-refractivity contribution in [3.8, 4) is 11.8 Å². The summed E-state index contributed by atoms with van der Waals surface area (Å²) in [5, 5.41) is 22.2. The maximum absolute atomic E-state index is 10.1. The minimum absolute atomic E-state index is 0.215. The molecule has 3 N–H and O–H groups in total. The number of carbonyl (C=O) groups is 2. The van der Waals surface area contributed by atoms with Crippen molar-refractivity contribution in [1.29, 1.82) is 0 Å². The third-order valence-corrected chi connectivity index (χ3v) is 1.67. The molecular formula is C11H18O5. The summed E-state index contributed by atoms with van der Waals surface area (Å²) in [6, 6.07) is 0. The van der Waals surface area contributed by atoms with Crippen LogP contribution in [0.3, 0.4) is 0 Å². The van der Waals surface area contributed by atoms with Gasteiger partial charge in [0.25, 0.3) is 0 Å². The zero-order valence-corrected chi connectivity index (χ0v) is 9.56. The molecule has 0 fully saturated rings. The van der Waals surface area contributed by atoms with Crippen LogP contribution in [-0.4, -0.2) is 27.4 Å². The van der Waals surface area contributed by atoms with Gasteiger partial charge in [-0.2, -0.15) is 0 Å². The Kier molecular flexibility index (Phi) is 11.9. The summed E-state index contributed by atoms with van der Waals surface area (Å²) in [6.07, 6.45) is 2.72. The first kappa shape index (κ1) is 16.7. The molecule has 0 aliphatic heterocycles. The van der Waals surface area contributed by atoms with Crippen LogP contribution < -0.4 is 0 Å². The molecule has 92 valence electrons. The molecule has 16 heavy (non-hydrogen) atoms. The molecule has 1 atom stereocenters. The van der Waals surface area contributed by atoms with Crippen LogP contribution in [0, 0.1) is 17.8 Å². The standard InChI is InChI=1S/C10H16O2.CH2O3/c1-3-4-5-6-9(2)7-8-10(11)12;2-1(3)4/h9H,3-6H2,1-2H3,(H,11,12);(H2,2,3,4). The summed E-state index contributed by atoms with van der Waals surface area (Å²) in [7, 11) is 0. The van der Waals surface area contributed by atoms with Gasteiger partial charge >= 0.3 is 12.1 Å². The van der Waals surface area contributed by atoms with Crippen molar-refractivity contribution < 1.29 is 24.9 Å². The van der Waals surface area contributed by atoms with Crippen molar-refractivity contribution >= 4 is 12.1 Å². The summed E-state index contributed by atoms with van der Waals surface area (Å²) in [6.45, 7) is 4.11. The van der Waals surface area contributed by atoms with Crippen LogP contribution in [0.2, 0.25) is 0 Å². The van der Waals surface area contributed by atoms with Gasteiger partial charge in [0, 0.05) is 11.8 Å². The van der Waals surface area contributed by atoms with Crippen LogP contribution in [-0.2, 0) is 4.79 Å². The van der Waals surface area contributed by atoms with E-state index in [1.54, 1.807) is 0 Å². The number of rotatable bonds is 4. The van der Waals surface area contributed by atoms with Crippen LogP contribution in [0.4, 0.5) is 4.79 Å². The summed E-state index contributed by atoms with van der Waals surface area (Å²) < 4.78 is 0. The second-order valence-corrected chi connectivity index (χ2v) is 3.25. The van der Waals surface area contributed by atoms with E-state index in [9.17, 15) is 4.79 Å². The van der Waals surface area contributed by atoms with Crippen LogP contribution in [0.15, 0.2) is 0 Å². The monoisotopic (exact) mass is 230 g/mol. The highest BCUT2D eigenvalue weighted by Crippen LogP contribution is 2.07. The summed E-state index contributed by atoms with van der Waals surface area (Å²) in [4.78, 5) is 18.6. The van der Waals surface area contributed by atoms with Gasteiger partial charge < -0.3 is 15.3 Å². The van der Waals surface area contributed by atoms with Crippen molar-refractivity contribution in [3.63, 3.8) is 0 Å². The molecule has 0 aromatic heterocycles. The van der Waals surface area contributed by atoms with Gasteiger partial charge in [0.05, 0.1) is 0 Å². The Hall–Kier alpha value is -1.70. The molecule has 1 unspecified atom stereocenters. The lowest BCUT2D eigenvalue weighted by atomic mass is 10.0. The molecule has 0 saturated heterocycles. The normalized spacial score (nSPS) is 10.1. The van der Waals surface area contributed by atoms with Gasteiger partial charge in [-0.05, 0) is 6.42 Å². The molecule has 0 aromatic rings. The number of hydrogen-bond acceptors (Lipinski definition) is 2. The molecular weight excluding hydrogens is 212 g/mol. The van der Waals surface area contributed by atoms with E-state index in [0.717, 1.165) is 12.8 Å². The summed E-state index contributed by atoms with van der Waals surface area (Å²) >= 11 is 0. The summed E-state index contributed by atoms with van der Waals surface area (Å²) in [5.41, 5.74) is 0. The maximum atomic E-state index is 10.1. The van der Waals surface area contributed by atoms with E-state index >= 15 is 0 Å². The molecule has 0 amide bonds. The topological polar surface area (TPSA) is 94.8 Å². The quantitative estimate of drug-likeness (QED) is 0.509. The van der Waals surface area contributed by atoms with E-state index in [2.05, 4.69) is 18.8 Å². The molecule has 0 aromatic carbocycles. The number of unbranched alkanes of at least 4 members (excludes halogenated alkanes) is 2. The highest BCUT2D eigenvalue weighted by atomic mass is 16.6. The number of carboxylic acid groups (broad SMARTS) is 3. The Balaban J connectivity index is 0. The largest absolute Gasteiger partial charge is 0.503 e. The second kappa shape index (κ2) is 11.4. The first-order valence-corrected chi connectivity index (χ1v) is 5.06. The third kappa shape index (κ3) is 22.8. The number of carboxylic acids is 1. The molecule has 0 spiro atoms. The van der Waals surface area contributed by atoms with Crippen molar-refractivity contribution in [2.45, 2.75) is 39.5 Å². The van der Waals surface area contributed by atoms with E-state index in [1.807, 2.05) is 6.92 Å². The molecule has 0 aliphatic carbocycles. The molecule has 0 heterocycles. The average Bonchev–Trinajstić information content (AvgIpc) is 2.14. The molecule has 0 saturated carbocycles. The lowest BCUT2D eigenvalue weighted by Crippen LogP contribution is -1.93. The first-order valence-electron chi connectivity index (χ1n) is 5.06. The van der Waals surface area contributed by atoms with Crippen LogP contribution in [0.5, 0.6) is 0 Å². The van der Waals surface area contributed by atoms with Crippen molar-refractivity contribution in [1.82, 2.24) is 0 Å². The predicted molar refractivity (Wildman–Crippen MR) is 59.4 cm³/mol. The van der Waals surface area contributed by atoms with Gasteiger partial charge in [0.15, 0.2) is 0 Å². The lowest BCUT2D eigenvalue weighted by Gasteiger charge is -2.00. The van der Waals surface area contributed by atoms with Crippen LogP contribution in [0.1, 0.15) is 39.5 Å². The van der Waals surface area contributed by atoms with Crippen LogP contribution in [0.25, 0.3) is 0 Å². The van der Waals surface area contributed by atoms with Crippen molar-refractivity contribution in [2.24, 2.45) is 5.92 Å².